The summed E-state index contributed by atoms with van der Waals surface area (Å²) in [4.78, 5) is 3.48. The normalized spacial score (nSPS) is 10.7. The van der Waals surface area contributed by atoms with Crippen molar-refractivity contribution < 1.29 is 8.81 Å². The standard InChI is InChI=1S/C6H8FNO/c1-4(2)6-8-5(7)3-9-6/h3-4H,1-2H3. The highest BCUT2D eigenvalue weighted by Crippen LogP contribution is 2.11. The zero-order valence-electron chi connectivity index (χ0n) is 5.39. The highest BCUT2D eigenvalue weighted by atomic mass is 19.1. The number of halogens is 1. The van der Waals surface area contributed by atoms with Crippen LogP contribution in [0.15, 0.2) is 10.7 Å². The van der Waals surface area contributed by atoms with Gasteiger partial charge in [-0.1, -0.05) is 13.8 Å². The molecular formula is C6H8FNO. The lowest BCUT2D eigenvalue weighted by Crippen LogP contribution is -1.85. The molecule has 0 aliphatic rings. The van der Waals surface area contributed by atoms with E-state index < -0.39 is 5.95 Å². The van der Waals surface area contributed by atoms with Gasteiger partial charge in [-0.25, -0.2) is 0 Å². The van der Waals surface area contributed by atoms with E-state index in [0.29, 0.717) is 5.89 Å². The Bertz CT molecular complexity index is 195. The largest absolute Gasteiger partial charge is 0.445 e. The van der Waals surface area contributed by atoms with Gasteiger partial charge >= 0.3 is 0 Å². The number of oxazole rings is 1. The Hall–Kier alpha value is -0.860. The predicted octanol–water partition coefficient (Wildman–Crippen LogP) is 1.94. The number of hydrogen-bond donors (Lipinski definition) is 0. The van der Waals surface area contributed by atoms with Gasteiger partial charge < -0.3 is 4.42 Å². The molecule has 0 aromatic carbocycles. The summed E-state index contributed by atoms with van der Waals surface area (Å²) < 4.78 is 16.8. The van der Waals surface area contributed by atoms with Crippen molar-refractivity contribution in [1.29, 1.82) is 0 Å². The molecule has 9 heavy (non-hydrogen) atoms. The second-order valence-electron chi connectivity index (χ2n) is 2.16. The van der Waals surface area contributed by atoms with E-state index in [2.05, 4.69) is 4.98 Å². The Kier molecular flexibility index (Phi) is 1.51. The SMILES string of the molecule is CC(C)c1nc(F)co1. The molecule has 0 fully saturated rings. The summed E-state index contributed by atoms with van der Waals surface area (Å²) in [5.74, 6) is 0.0701. The van der Waals surface area contributed by atoms with Gasteiger partial charge in [-0.05, 0) is 0 Å². The molecule has 0 bridgehead atoms. The molecule has 0 aliphatic carbocycles. The van der Waals surface area contributed by atoms with Crippen LogP contribution in [0.2, 0.25) is 0 Å². The first-order valence-electron chi connectivity index (χ1n) is 2.81. The first-order chi connectivity index (χ1) is 4.20. The average molecular weight is 129 g/mol. The Morgan fingerprint density at radius 1 is 1.67 bits per heavy atom. The molecule has 0 aliphatic heterocycles. The van der Waals surface area contributed by atoms with Gasteiger partial charge in [0.05, 0.1) is 0 Å². The predicted molar refractivity (Wildman–Crippen MR) is 30.5 cm³/mol. The highest BCUT2D eigenvalue weighted by molar-refractivity contribution is 4.87. The van der Waals surface area contributed by atoms with Gasteiger partial charge in [0.1, 0.15) is 6.26 Å². The second-order valence-corrected chi connectivity index (χ2v) is 2.16. The number of aromatic nitrogens is 1. The van der Waals surface area contributed by atoms with E-state index in [1.807, 2.05) is 13.8 Å². The van der Waals surface area contributed by atoms with E-state index in [9.17, 15) is 4.39 Å². The van der Waals surface area contributed by atoms with Crippen LogP contribution in [-0.2, 0) is 0 Å². The van der Waals surface area contributed by atoms with E-state index in [4.69, 9.17) is 4.42 Å². The third-order valence-electron chi connectivity index (χ3n) is 0.988. The molecule has 1 heterocycles. The van der Waals surface area contributed by atoms with Gasteiger partial charge in [0.25, 0.3) is 5.95 Å². The van der Waals surface area contributed by atoms with Crippen molar-refractivity contribution in [3.8, 4) is 0 Å². The molecule has 0 spiro atoms. The van der Waals surface area contributed by atoms with Crippen LogP contribution in [0.5, 0.6) is 0 Å². The van der Waals surface area contributed by atoms with Crippen LogP contribution >= 0.6 is 0 Å². The zero-order chi connectivity index (χ0) is 6.85. The van der Waals surface area contributed by atoms with Crippen LogP contribution in [0.4, 0.5) is 4.39 Å². The number of rotatable bonds is 1. The molecule has 3 heteroatoms. The summed E-state index contributed by atoms with van der Waals surface area (Å²) in [5.41, 5.74) is 0. The Morgan fingerprint density at radius 2 is 2.33 bits per heavy atom. The molecule has 0 N–H and O–H groups in total. The van der Waals surface area contributed by atoms with E-state index in [0.717, 1.165) is 6.26 Å². The fraction of sp³-hybridized carbons (Fsp3) is 0.500. The molecule has 1 rings (SSSR count). The fourth-order valence-corrected chi connectivity index (χ4v) is 0.532. The van der Waals surface area contributed by atoms with Gasteiger partial charge in [-0.15, -0.1) is 0 Å². The number of hydrogen-bond acceptors (Lipinski definition) is 2. The average Bonchev–Trinajstić information content (AvgIpc) is 2.14. The van der Waals surface area contributed by atoms with E-state index >= 15 is 0 Å². The smallest absolute Gasteiger partial charge is 0.251 e. The maximum absolute atomic E-state index is 12.1. The lowest BCUT2D eigenvalue weighted by atomic mass is 10.2. The van der Waals surface area contributed by atoms with Gasteiger partial charge in [-0.2, -0.15) is 9.37 Å². The summed E-state index contributed by atoms with van der Waals surface area (Å²) in [6, 6.07) is 0. The minimum absolute atomic E-state index is 0.162. The minimum atomic E-state index is -0.543. The Labute approximate surface area is 52.7 Å². The van der Waals surface area contributed by atoms with Gasteiger partial charge in [0.15, 0.2) is 5.89 Å². The van der Waals surface area contributed by atoms with Crippen molar-refractivity contribution in [2.45, 2.75) is 19.8 Å². The maximum Gasteiger partial charge on any atom is 0.251 e. The third kappa shape index (κ3) is 1.28. The zero-order valence-corrected chi connectivity index (χ0v) is 5.39. The summed E-state index contributed by atoms with van der Waals surface area (Å²) in [6.07, 6.45) is 1.01. The Morgan fingerprint density at radius 3 is 2.56 bits per heavy atom. The lowest BCUT2D eigenvalue weighted by molar-refractivity contribution is 0.468. The minimum Gasteiger partial charge on any atom is -0.445 e. The molecule has 0 radical (unpaired) electrons. The van der Waals surface area contributed by atoms with Crippen molar-refractivity contribution in [3.63, 3.8) is 0 Å². The van der Waals surface area contributed by atoms with Crippen molar-refractivity contribution in [3.05, 3.63) is 18.1 Å². The van der Waals surface area contributed by atoms with Crippen LogP contribution in [0.1, 0.15) is 25.7 Å². The molecular weight excluding hydrogens is 121 g/mol. The van der Waals surface area contributed by atoms with Crippen LogP contribution in [0.3, 0.4) is 0 Å². The monoisotopic (exact) mass is 129 g/mol. The van der Waals surface area contributed by atoms with Gasteiger partial charge in [0, 0.05) is 5.92 Å². The van der Waals surface area contributed by atoms with Crippen molar-refractivity contribution in [2.75, 3.05) is 0 Å². The summed E-state index contributed by atoms with van der Waals surface area (Å²) in [5, 5.41) is 0. The first-order valence-corrected chi connectivity index (χ1v) is 2.81. The van der Waals surface area contributed by atoms with E-state index in [1.54, 1.807) is 0 Å². The van der Waals surface area contributed by atoms with Crippen molar-refractivity contribution >= 4 is 0 Å². The van der Waals surface area contributed by atoms with Crippen molar-refractivity contribution in [2.24, 2.45) is 0 Å². The second kappa shape index (κ2) is 2.17. The molecule has 2 nitrogen and oxygen atoms in total. The highest BCUT2D eigenvalue weighted by Gasteiger charge is 2.05. The topological polar surface area (TPSA) is 26.0 Å². The number of nitrogens with zero attached hydrogens (tertiary/aromatic N) is 1. The molecule has 0 atom stereocenters. The molecule has 0 saturated heterocycles. The van der Waals surface area contributed by atoms with E-state index in [1.165, 1.54) is 0 Å². The molecule has 1 aromatic heterocycles. The summed E-state index contributed by atoms with van der Waals surface area (Å²) >= 11 is 0. The van der Waals surface area contributed by atoms with Crippen LogP contribution < -0.4 is 0 Å². The molecule has 0 saturated carbocycles. The van der Waals surface area contributed by atoms with Gasteiger partial charge in [-0.3, -0.25) is 0 Å². The molecule has 50 valence electrons. The van der Waals surface area contributed by atoms with Crippen molar-refractivity contribution in [1.82, 2.24) is 4.98 Å². The van der Waals surface area contributed by atoms with Crippen LogP contribution in [0, 0.1) is 5.95 Å². The molecule has 0 unspecified atom stereocenters. The van der Waals surface area contributed by atoms with Gasteiger partial charge in [0.2, 0.25) is 0 Å². The summed E-state index contributed by atoms with van der Waals surface area (Å²) in [6.45, 7) is 3.79. The molecule has 0 amide bonds. The quantitative estimate of drug-likeness (QED) is 0.579. The third-order valence-corrected chi connectivity index (χ3v) is 0.988. The first kappa shape index (κ1) is 6.26. The Balaban J connectivity index is 2.85. The van der Waals surface area contributed by atoms with Crippen LogP contribution in [-0.4, -0.2) is 4.98 Å². The fourth-order valence-electron chi connectivity index (χ4n) is 0.532. The lowest BCUT2D eigenvalue weighted by Gasteiger charge is -1.92. The van der Waals surface area contributed by atoms with Crippen LogP contribution in [0.25, 0.3) is 0 Å². The molecule has 1 aromatic rings. The van der Waals surface area contributed by atoms with E-state index in [-0.39, 0.29) is 5.92 Å². The summed E-state index contributed by atoms with van der Waals surface area (Å²) in [7, 11) is 0. The maximum atomic E-state index is 12.1.